The maximum absolute atomic E-state index is 12.9. The minimum absolute atomic E-state index is 0.0437. The van der Waals surface area contributed by atoms with E-state index in [1.165, 1.54) is 5.57 Å². The van der Waals surface area contributed by atoms with Gasteiger partial charge in [-0.15, -0.1) is 0 Å². The number of carboxylic acid groups (broad SMARTS) is 1. The molecule has 2 fully saturated rings. The third-order valence-electron chi connectivity index (χ3n) is 9.19. The molecule has 272 valence electrons. The molecule has 0 bridgehead atoms. The Kier molecular flexibility index (Phi) is 15.3. The number of aliphatic hydroxyl groups is 7. The molecule has 1 aromatic rings. The Morgan fingerprint density at radius 1 is 1.02 bits per heavy atom. The summed E-state index contributed by atoms with van der Waals surface area (Å²) < 4.78 is 23.1. The molecule has 13 nitrogen and oxygen atoms in total. The molecule has 2 aliphatic heterocycles. The van der Waals surface area contributed by atoms with Crippen LogP contribution in [0.3, 0.4) is 0 Å². The molecule has 2 unspecified atom stereocenters. The summed E-state index contributed by atoms with van der Waals surface area (Å²) in [6.45, 7) is 8.95. The van der Waals surface area contributed by atoms with E-state index in [1.807, 2.05) is 40.7 Å². The van der Waals surface area contributed by atoms with Gasteiger partial charge in [0, 0.05) is 11.5 Å². The van der Waals surface area contributed by atoms with Crippen LogP contribution in [-0.2, 0) is 22.3 Å². The number of carbonyl (C=O) groups is 1. The number of hydrogen-bond acceptors (Lipinski definition) is 12. The van der Waals surface area contributed by atoms with Gasteiger partial charge in [-0.1, -0.05) is 43.6 Å². The van der Waals surface area contributed by atoms with Crippen molar-refractivity contribution in [1.29, 1.82) is 0 Å². The van der Waals surface area contributed by atoms with Gasteiger partial charge in [0.1, 0.15) is 29.3 Å². The first kappa shape index (κ1) is 39.8. The highest BCUT2D eigenvalue weighted by atomic mass is 16.7. The van der Waals surface area contributed by atoms with E-state index in [0.29, 0.717) is 24.0 Å². The van der Waals surface area contributed by atoms with Gasteiger partial charge in [-0.25, -0.2) is 4.79 Å². The van der Waals surface area contributed by atoms with Crippen LogP contribution in [0.1, 0.15) is 81.8 Å². The van der Waals surface area contributed by atoms with Crippen LogP contribution in [0, 0.1) is 17.8 Å². The number of ether oxygens (including phenoxy) is 4. The minimum atomic E-state index is -1.82. The lowest BCUT2D eigenvalue weighted by Crippen LogP contribution is -2.57. The first-order valence-electron chi connectivity index (χ1n) is 16.7. The van der Waals surface area contributed by atoms with E-state index in [9.17, 15) is 45.6 Å². The lowest BCUT2D eigenvalue weighted by Gasteiger charge is -2.40. The fourth-order valence-corrected chi connectivity index (χ4v) is 5.73. The molecule has 0 aliphatic carbocycles. The molecule has 2 heterocycles. The van der Waals surface area contributed by atoms with Crippen LogP contribution in [0.25, 0.3) is 0 Å². The summed E-state index contributed by atoms with van der Waals surface area (Å²) in [4.78, 5) is 12.9. The van der Waals surface area contributed by atoms with Crippen molar-refractivity contribution in [3.8, 4) is 11.5 Å². The van der Waals surface area contributed by atoms with Crippen LogP contribution >= 0.6 is 0 Å². The summed E-state index contributed by atoms with van der Waals surface area (Å²) in [5, 5.41) is 82.3. The van der Waals surface area contributed by atoms with Gasteiger partial charge < -0.3 is 59.8 Å². The van der Waals surface area contributed by atoms with E-state index in [0.717, 1.165) is 24.8 Å². The van der Waals surface area contributed by atoms with Gasteiger partial charge >= 0.3 is 5.97 Å². The molecule has 10 atom stereocenters. The fourth-order valence-electron chi connectivity index (χ4n) is 5.73. The molecule has 2 saturated heterocycles. The second kappa shape index (κ2) is 18.4. The summed E-state index contributed by atoms with van der Waals surface area (Å²) in [6.07, 6.45) is -3.59. The fraction of sp³-hybridized carbons (Fsp3) is 0.686. The smallest absolute Gasteiger partial charge is 0.339 e. The zero-order chi connectivity index (χ0) is 35.7. The Morgan fingerprint density at radius 2 is 1.71 bits per heavy atom. The highest BCUT2D eigenvalue weighted by Crippen LogP contribution is 2.40. The predicted octanol–water partition coefficient (Wildman–Crippen LogP) is 2.05. The van der Waals surface area contributed by atoms with Crippen molar-refractivity contribution in [2.24, 2.45) is 17.8 Å². The normalized spacial score (nSPS) is 30.1. The zero-order valence-electron chi connectivity index (χ0n) is 28.5. The Bertz CT molecular complexity index is 1260. The Balaban J connectivity index is 2.17. The summed E-state index contributed by atoms with van der Waals surface area (Å²) in [6, 6.07) is 1.57. The van der Waals surface area contributed by atoms with E-state index in [1.54, 1.807) is 6.07 Å². The number of aryl methyl sites for hydroxylation is 1. The first-order chi connectivity index (χ1) is 22.7. The van der Waals surface area contributed by atoms with E-state index in [-0.39, 0.29) is 42.6 Å². The zero-order valence-corrected chi connectivity index (χ0v) is 28.5. The maximum atomic E-state index is 12.9. The van der Waals surface area contributed by atoms with Gasteiger partial charge in [0.05, 0.1) is 37.9 Å². The standard InChI is InChI=1S/C35H54O13/c1-6-19(4)10-12-21-14-25(47-35-24(15-36)28(38)30(40)34(44)48-35)23(13-11-20(5)9-7-8-18(2)3)31(26(21)32(41)42)45-16-22-17-46-33(43)29(39)27(22)37/h8,11,14,19,22,24,27-30,33-40,43-44H,6-7,9-10,12-13,15-17H2,1-5H3,(H,41,42)/b20-11+/t19?,22-,24+,27+,28+,29-,30-,33-,34-,35?/m0/s1. The van der Waals surface area contributed by atoms with Gasteiger partial charge in [-0.3, -0.25) is 0 Å². The monoisotopic (exact) mass is 682 g/mol. The lowest BCUT2D eigenvalue weighted by atomic mass is 9.91. The van der Waals surface area contributed by atoms with Crippen LogP contribution in [-0.4, -0.2) is 110 Å². The molecule has 0 radical (unpaired) electrons. The molecular weight excluding hydrogens is 628 g/mol. The van der Waals surface area contributed by atoms with Crippen molar-refractivity contribution in [3.05, 3.63) is 46.1 Å². The van der Waals surface area contributed by atoms with Gasteiger partial charge in [0.2, 0.25) is 6.29 Å². The number of benzene rings is 1. The summed E-state index contributed by atoms with van der Waals surface area (Å²) in [5.41, 5.74) is 2.76. The van der Waals surface area contributed by atoms with Gasteiger partial charge in [0.15, 0.2) is 12.6 Å². The number of hydrogen-bond donors (Lipinski definition) is 8. The average Bonchev–Trinajstić information content (AvgIpc) is 3.03. The molecule has 3 rings (SSSR count). The molecule has 48 heavy (non-hydrogen) atoms. The lowest BCUT2D eigenvalue weighted by molar-refractivity contribution is -0.312. The SMILES string of the molecule is CCC(C)CCc1cc(OC2O[C@H](O)[C@@H](O)[C@H](O)[C@H]2CO)c(C/C=C(\C)CCC=C(C)C)c(OC[C@H]2CO[C@H](O)[C@@H](O)[C@@H]2O)c1C(=O)O. The number of rotatable bonds is 16. The molecule has 0 saturated carbocycles. The second-order valence-corrected chi connectivity index (χ2v) is 13.3. The second-order valence-electron chi connectivity index (χ2n) is 13.3. The Hall–Kier alpha value is -2.59. The summed E-state index contributed by atoms with van der Waals surface area (Å²) >= 11 is 0. The Labute approximate surface area is 282 Å². The van der Waals surface area contributed by atoms with E-state index >= 15 is 0 Å². The maximum Gasteiger partial charge on any atom is 0.339 e. The number of carboxylic acids is 1. The van der Waals surface area contributed by atoms with Gasteiger partial charge in [-0.05, 0) is 70.4 Å². The first-order valence-corrected chi connectivity index (χ1v) is 16.7. The van der Waals surface area contributed by atoms with Crippen LogP contribution in [0.2, 0.25) is 0 Å². The highest BCUT2D eigenvalue weighted by molar-refractivity contribution is 5.94. The van der Waals surface area contributed by atoms with E-state index in [2.05, 4.69) is 6.08 Å². The van der Waals surface area contributed by atoms with Crippen molar-refractivity contribution in [3.63, 3.8) is 0 Å². The molecule has 0 spiro atoms. The van der Waals surface area contributed by atoms with Crippen molar-refractivity contribution in [2.45, 2.75) is 116 Å². The van der Waals surface area contributed by atoms with Crippen LogP contribution in [0.15, 0.2) is 29.4 Å². The third-order valence-corrected chi connectivity index (χ3v) is 9.19. The van der Waals surface area contributed by atoms with Crippen molar-refractivity contribution in [2.75, 3.05) is 19.8 Å². The molecule has 13 heteroatoms. The third kappa shape index (κ3) is 10.2. The molecular formula is C35H54O13. The van der Waals surface area contributed by atoms with Crippen molar-refractivity contribution in [1.82, 2.24) is 0 Å². The Morgan fingerprint density at radius 3 is 2.33 bits per heavy atom. The van der Waals surface area contributed by atoms with Gasteiger partial charge in [0.25, 0.3) is 0 Å². The molecule has 0 aromatic heterocycles. The number of aliphatic hydroxyl groups excluding tert-OH is 7. The number of allylic oxidation sites excluding steroid dienone is 4. The van der Waals surface area contributed by atoms with Crippen molar-refractivity contribution >= 4 is 5.97 Å². The van der Waals surface area contributed by atoms with Crippen molar-refractivity contribution < 1.29 is 64.6 Å². The number of aromatic carboxylic acids is 1. The topological polar surface area (TPSA) is 216 Å². The average molecular weight is 683 g/mol. The summed E-state index contributed by atoms with van der Waals surface area (Å²) in [7, 11) is 0. The quantitative estimate of drug-likeness (QED) is 0.117. The largest absolute Gasteiger partial charge is 0.492 e. The van der Waals surface area contributed by atoms with Gasteiger partial charge in [-0.2, -0.15) is 0 Å². The minimum Gasteiger partial charge on any atom is -0.492 e. The molecule has 1 aromatic carbocycles. The van der Waals surface area contributed by atoms with E-state index in [4.69, 9.17) is 18.9 Å². The van der Waals surface area contributed by atoms with Crippen LogP contribution in [0.5, 0.6) is 11.5 Å². The van der Waals surface area contributed by atoms with Crippen LogP contribution < -0.4 is 9.47 Å². The molecule has 0 amide bonds. The van der Waals surface area contributed by atoms with E-state index < -0.39 is 67.7 Å². The highest BCUT2D eigenvalue weighted by Gasteiger charge is 2.45. The summed E-state index contributed by atoms with van der Waals surface area (Å²) in [5.74, 6) is -2.89. The molecule has 8 N–H and O–H groups in total. The predicted molar refractivity (Wildman–Crippen MR) is 174 cm³/mol. The van der Waals surface area contributed by atoms with Crippen LogP contribution in [0.4, 0.5) is 0 Å². The molecule has 2 aliphatic rings.